The molecule has 4 rings (SSSR count). The van der Waals surface area contributed by atoms with Gasteiger partial charge in [-0.1, -0.05) is 0 Å². The number of nitrogens with one attached hydrogen (secondary N) is 1. The number of likely N-dealkylation sites (tertiary alicyclic amines) is 1. The molecule has 0 aliphatic carbocycles. The summed E-state index contributed by atoms with van der Waals surface area (Å²) >= 11 is 0. The molecule has 1 aromatic carbocycles. The zero-order valence-electron chi connectivity index (χ0n) is 17.1. The van der Waals surface area contributed by atoms with Gasteiger partial charge in [0.15, 0.2) is 5.82 Å². The van der Waals surface area contributed by atoms with Gasteiger partial charge in [-0.25, -0.2) is 0 Å². The molecule has 32 heavy (non-hydrogen) atoms. The van der Waals surface area contributed by atoms with E-state index in [9.17, 15) is 22.8 Å². The van der Waals surface area contributed by atoms with E-state index in [2.05, 4.69) is 15.5 Å². The number of hydrogen-bond acceptors (Lipinski definition) is 6. The van der Waals surface area contributed by atoms with Gasteiger partial charge in [0.1, 0.15) is 18.3 Å². The van der Waals surface area contributed by atoms with Crippen LogP contribution in [0.1, 0.15) is 12.8 Å². The Morgan fingerprint density at radius 3 is 2.53 bits per heavy atom. The maximum Gasteiger partial charge on any atom is 0.397 e. The molecule has 2 aromatic rings. The van der Waals surface area contributed by atoms with Crippen molar-refractivity contribution in [2.75, 3.05) is 36.4 Å². The van der Waals surface area contributed by atoms with Crippen LogP contribution in [0.15, 0.2) is 42.6 Å². The monoisotopic (exact) mass is 449 g/mol. The number of ether oxygens (including phenoxy) is 1. The van der Waals surface area contributed by atoms with Gasteiger partial charge in [-0.2, -0.15) is 18.3 Å². The van der Waals surface area contributed by atoms with Crippen LogP contribution in [0.25, 0.3) is 0 Å². The van der Waals surface area contributed by atoms with Crippen LogP contribution in [0, 0.1) is 5.92 Å². The molecule has 1 N–H and O–H groups in total. The third kappa shape index (κ3) is 5.45. The molecule has 8 nitrogen and oxygen atoms in total. The molecule has 0 spiro atoms. The standard InChI is InChI=1S/C21H22F3N5O3/c22-21(23,24)10-19(30)28-9-7-17(13-28)32-16-5-3-15(4-6-16)26-20(31)14-11-29(12-14)18-2-1-8-25-27-18/h1-6,8,14,17H,7,9-13H2,(H,26,31)/t17-/m1/s1. The number of halogens is 3. The second-order valence-electron chi connectivity index (χ2n) is 7.86. The van der Waals surface area contributed by atoms with Crippen molar-refractivity contribution in [3.63, 3.8) is 0 Å². The average Bonchev–Trinajstić information content (AvgIpc) is 3.17. The van der Waals surface area contributed by atoms with Crippen LogP contribution in [-0.4, -0.2) is 65.4 Å². The van der Waals surface area contributed by atoms with Crippen molar-refractivity contribution in [1.29, 1.82) is 0 Å². The van der Waals surface area contributed by atoms with E-state index in [1.54, 1.807) is 36.5 Å². The van der Waals surface area contributed by atoms with Gasteiger partial charge in [0.2, 0.25) is 11.8 Å². The lowest BCUT2D eigenvalue weighted by molar-refractivity contribution is -0.160. The maximum atomic E-state index is 12.4. The van der Waals surface area contributed by atoms with Gasteiger partial charge < -0.3 is 19.9 Å². The van der Waals surface area contributed by atoms with E-state index >= 15 is 0 Å². The first kappa shape index (κ1) is 21.8. The fourth-order valence-electron chi connectivity index (χ4n) is 3.68. The largest absolute Gasteiger partial charge is 0.489 e. The number of anilines is 2. The van der Waals surface area contributed by atoms with Crippen molar-refractivity contribution in [3.05, 3.63) is 42.6 Å². The summed E-state index contributed by atoms with van der Waals surface area (Å²) in [7, 11) is 0. The van der Waals surface area contributed by atoms with E-state index in [0.29, 0.717) is 30.9 Å². The summed E-state index contributed by atoms with van der Waals surface area (Å²) in [5.74, 6) is 0.0924. The Morgan fingerprint density at radius 2 is 1.88 bits per heavy atom. The van der Waals surface area contributed by atoms with Crippen molar-refractivity contribution in [2.45, 2.75) is 25.1 Å². The first-order chi connectivity index (χ1) is 15.3. The molecule has 1 atom stereocenters. The third-order valence-corrected chi connectivity index (χ3v) is 5.41. The van der Waals surface area contributed by atoms with Crippen LogP contribution < -0.4 is 15.0 Å². The molecule has 2 aliphatic rings. The molecule has 2 fully saturated rings. The number of hydrogen-bond donors (Lipinski definition) is 1. The molecule has 3 heterocycles. The van der Waals surface area contributed by atoms with Crippen molar-refractivity contribution in [2.24, 2.45) is 5.92 Å². The molecule has 1 aromatic heterocycles. The summed E-state index contributed by atoms with van der Waals surface area (Å²) in [6.07, 6.45) is -4.27. The third-order valence-electron chi connectivity index (χ3n) is 5.41. The van der Waals surface area contributed by atoms with E-state index in [-0.39, 0.29) is 31.0 Å². The Kier molecular flexibility index (Phi) is 6.15. The van der Waals surface area contributed by atoms with Crippen molar-refractivity contribution in [1.82, 2.24) is 15.1 Å². The summed E-state index contributed by atoms with van der Waals surface area (Å²) in [6, 6.07) is 10.4. The van der Waals surface area contributed by atoms with Crippen LogP contribution in [-0.2, 0) is 9.59 Å². The molecule has 0 saturated carbocycles. The fourth-order valence-corrected chi connectivity index (χ4v) is 3.68. The molecule has 0 unspecified atom stereocenters. The summed E-state index contributed by atoms with van der Waals surface area (Å²) in [6.45, 7) is 1.49. The van der Waals surface area contributed by atoms with E-state index in [4.69, 9.17) is 4.74 Å². The molecule has 2 saturated heterocycles. The smallest absolute Gasteiger partial charge is 0.397 e. The first-order valence-electron chi connectivity index (χ1n) is 10.2. The Balaban J connectivity index is 1.22. The van der Waals surface area contributed by atoms with E-state index in [1.807, 2.05) is 11.0 Å². The minimum absolute atomic E-state index is 0.0894. The SMILES string of the molecule is O=C(Nc1ccc(O[C@@H]2CCN(C(=O)CC(F)(F)F)C2)cc1)C1CN(c2cccnn2)C1. The summed E-state index contributed by atoms with van der Waals surface area (Å²) in [5.41, 5.74) is 0.619. The molecular weight excluding hydrogens is 427 g/mol. The van der Waals surface area contributed by atoms with Gasteiger partial charge in [-0.15, -0.1) is 5.10 Å². The lowest BCUT2D eigenvalue weighted by Crippen LogP contribution is -2.52. The van der Waals surface area contributed by atoms with Crippen LogP contribution in [0.4, 0.5) is 24.7 Å². The number of amides is 2. The van der Waals surface area contributed by atoms with Gasteiger partial charge in [0, 0.05) is 37.9 Å². The quantitative estimate of drug-likeness (QED) is 0.729. The highest BCUT2D eigenvalue weighted by molar-refractivity contribution is 5.94. The highest BCUT2D eigenvalue weighted by Crippen LogP contribution is 2.26. The number of rotatable bonds is 6. The molecule has 0 radical (unpaired) electrons. The fraction of sp³-hybridized carbons (Fsp3) is 0.429. The first-order valence-corrected chi connectivity index (χ1v) is 10.2. The van der Waals surface area contributed by atoms with Crippen molar-refractivity contribution in [3.8, 4) is 5.75 Å². The van der Waals surface area contributed by atoms with Crippen LogP contribution in [0.3, 0.4) is 0 Å². The highest BCUT2D eigenvalue weighted by Gasteiger charge is 2.36. The lowest BCUT2D eigenvalue weighted by Gasteiger charge is -2.38. The van der Waals surface area contributed by atoms with Crippen LogP contribution in [0.2, 0.25) is 0 Å². The van der Waals surface area contributed by atoms with E-state index in [0.717, 1.165) is 5.82 Å². The minimum Gasteiger partial charge on any atom is -0.489 e. The summed E-state index contributed by atoms with van der Waals surface area (Å²) in [5, 5.41) is 10.7. The number of carbonyl (C=O) groups is 2. The van der Waals surface area contributed by atoms with Crippen LogP contribution in [0.5, 0.6) is 5.75 Å². The predicted molar refractivity (Wildman–Crippen MR) is 109 cm³/mol. The number of alkyl halides is 3. The van der Waals surface area contributed by atoms with Gasteiger partial charge in [-0.05, 0) is 36.4 Å². The van der Waals surface area contributed by atoms with Crippen LogP contribution >= 0.6 is 0 Å². The van der Waals surface area contributed by atoms with Crippen molar-refractivity contribution < 1.29 is 27.5 Å². The molecular formula is C21H22F3N5O3. The normalized spacial score (nSPS) is 18.9. The van der Waals surface area contributed by atoms with Gasteiger partial charge in [0.05, 0.1) is 12.5 Å². The van der Waals surface area contributed by atoms with Gasteiger partial charge in [0.25, 0.3) is 0 Å². The number of carbonyl (C=O) groups excluding carboxylic acids is 2. The maximum absolute atomic E-state index is 12.4. The zero-order chi connectivity index (χ0) is 22.7. The minimum atomic E-state index is -4.51. The Labute approximate surface area is 182 Å². The number of nitrogens with zero attached hydrogens (tertiary/aromatic N) is 4. The highest BCUT2D eigenvalue weighted by atomic mass is 19.4. The molecule has 2 aliphatic heterocycles. The van der Waals surface area contributed by atoms with Gasteiger partial charge in [-0.3, -0.25) is 9.59 Å². The van der Waals surface area contributed by atoms with Crippen molar-refractivity contribution >= 4 is 23.3 Å². The molecule has 0 bridgehead atoms. The Bertz CT molecular complexity index is 949. The Hall–Kier alpha value is -3.37. The second kappa shape index (κ2) is 9.01. The average molecular weight is 449 g/mol. The van der Waals surface area contributed by atoms with E-state index < -0.39 is 18.5 Å². The molecule has 170 valence electrons. The summed E-state index contributed by atoms with van der Waals surface area (Å²) in [4.78, 5) is 27.3. The second-order valence-corrected chi connectivity index (χ2v) is 7.86. The Morgan fingerprint density at radius 1 is 1.12 bits per heavy atom. The topological polar surface area (TPSA) is 87.7 Å². The zero-order valence-corrected chi connectivity index (χ0v) is 17.1. The predicted octanol–water partition coefficient (Wildman–Crippen LogP) is 2.48. The van der Waals surface area contributed by atoms with Gasteiger partial charge >= 0.3 is 6.18 Å². The summed E-state index contributed by atoms with van der Waals surface area (Å²) < 4.78 is 42.9. The molecule has 11 heteroatoms. The number of benzene rings is 1. The lowest BCUT2D eigenvalue weighted by atomic mass is 9.99. The molecule has 2 amide bonds. The number of aromatic nitrogens is 2. The van der Waals surface area contributed by atoms with E-state index in [1.165, 1.54) is 4.90 Å².